The van der Waals surface area contributed by atoms with Crippen LogP contribution in [0.15, 0.2) is 0 Å². The molecule has 1 aliphatic heterocycles. The van der Waals surface area contributed by atoms with Gasteiger partial charge in [0.25, 0.3) is 0 Å². The van der Waals surface area contributed by atoms with Gasteiger partial charge in [-0.3, -0.25) is 0 Å². The van der Waals surface area contributed by atoms with Crippen molar-refractivity contribution in [2.24, 2.45) is 0 Å². The number of nitrogens with one attached hydrogen (secondary N) is 1. The Hall–Kier alpha value is -1.16. The van der Waals surface area contributed by atoms with Gasteiger partial charge in [-0.1, -0.05) is 6.92 Å². The Balaban J connectivity index is 2.38. The first kappa shape index (κ1) is 10.4. The first-order valence-corrected chi connectivity index (χ1v) is 5.49. The van der Waals surface area contributed by atoms with E-state index in [4.69, 9.17) is 4.74 Å². The highest BCUT2D eigenvalue weighted by Crippen LogP contribution is 2.22. The Labute approximate surface area is 90.1 Å². The molecule has 1 N–H and O–H groups in total. The van der Waals surface area contributed by atoms with Gasteiger partial charge >= 0.3 is 0 Å². The minimum Gasteiger partial charge on any atom is -0.376 e. The highest BCUT2D eigenvalue weighted by molar-refractivity contribution is 5.46. The summed E-state index contributed by atoms with van der Waals surface area (Å²) in [6.07, 6.45) is 2.94. The Morgan fingerprint density at radius 1 is 1.40 bits per heavy atom. The van der Waals surface area contributed by atoms with Crippen molar-refractivity contribution in [1.82, 2.24) is 9.97 Å². The van der Waals surface area contributed by atoms with E-state index in [1.54, 1.807) is 0 Å². The number of aromatic nitrogens is 2. The van der Waals surface area contributed by atoms with Crippen LogP contribution in [-0.2, 0) is 24.2 Å². The van der Waals surface area contributed by atoms with E-state index in [1.165, 1.54) is 0 Å². The molecule has 82 valence electrons. The maximum atomic E-state index is 5.42. The molecule has 0 bridgehead atoms. The molecule has 4 heteroatoms. The van der Waals surface area contributed by atoms with Gasteiger partial charge in [0.05, 0.1) is 18.9 Å². The van der Waals surface area contributed by atoms with E-state index in [0.29, 0.717) is 6.61 Å². The summed E-state index contributed by atoms with van der Waals surface area (Å²) in [6.45, 7) is 3.56. The Morgan fingerprint density at radius 2 is 2.27 bits per heavy atom. The third-order valence-electron chi connectivity index (χ3n) is 2.58. The van der Waals surface area contributed by atoms with Gasteiger partial charge in [-0.25, -0.2) is 9.97 Å². The highest BCUT2D eigenvalue weighted by Gasteiger charge is 2.16. The van der Waals surface area contributed by atoms with Crippen LogP contribution in [-0.4, -0.2) is 23.6 Å². The van der Waals surface area contributed by atoms with E-state index in [0.717, 1.165) is 48.8 Å². The number of ether oxygens (including phenoxy) is 1. The van der Waals surface area contributed by atoms with Gasteiger partial charge in [-0.05, 0) is 6.42 Å². The lowest BCUT2D eigenvalue weighted by Gasteiger charge is -2.19. The second-order valence-corrected chi connectivity index (χ2v) is 3.72. The number of nitrogens with zero attached hydrogens (tertiary/aromatic N) is 2. The fraction of sp³-hybridized carbons (Fsp3) is 0.636. The molecular formula is C11H17N3O. The van der Waals surface area contributed by atoms with Crippen LogP contribution in [0.5, 0.6) is 0 Å². The second-order valence-electron chi connectivity index (χ2n) is 3.72. The van der Waals surface area contributed by atoms with Crippen molar-refractivity contribution < 1.29 is 4.74 Å². The maximum absolute atomic E-state index is 5.42. The van der Waals surface area contributed by atoms with Crippen molar-refractivity contribution in [2.75, 3.05) is 19.0 Å². The van der Waals surface area contributed by atoms with Crippen molar-refractivity contribution in [3.05, 3.63) is 17.1 Å². The second kappa shape index (κ2) is 4.57. The van der Waals surface area contributed by atoms with Gasteiger partial charge in [-0.15, -0.1) is 0 Å². The number of hydrogen-bond acceptors (Lipinski definition) is 4. The quantitative estimate of drug-likeness (QED) is 0.816. The maximum Gasteiger partial charge on any atom is 0.135 e. The van der Waals surface area contributed by atoms with Crippen molar-refractivity contribution in [2.45, 2.75) is 32.8 Å². The average Bonchev–Trinajstić information content (AvgIpc) is 2.28. The van der Waals surface area contributed by atoms with Crippen LogP contribution < -0.4 is 5.32 Å². The predicted octanol–water partition coefficient (Wildman–Crippen LogP) is 1.54. The normalized spacial score (nSPS) is 14.8. The van der Waals surface area contributed by atoms with Gasteiger partial charge < -0.3 is 10.1 Å². The molecule has 0 unspecified atom stereocenters. The largest absolute Gasteiger partial charge is 0.376 e. The predicted molar refractivity (Wildman–Crippen MR) is 58.9 cm³/mol. The molecule has 0 radical (unpaired) electrons. The molecule has 2 heterocycles. The molecule has 0 saturated carbocycles. The minimum atomic E-state index is 0.637. The number of fused-ring (bicyclic) bond motifs is 1. The standard InChI is InChI=1S/C11H17N3O/c1-3-4-10-13-9-5-6-15-7-8(9)11(12-2)14-10/h3-7H2,1-2H3,(H,12,13,14). The van der Waals surface area contributed by atoms with E-state index in [9.17, 15) is 0 Å². The molecule has 0 fully saturated rings. The Kier molecular flexibility index (Phi) is 3.16. The lowest BCUT2D eigenvalue weighted by molar-refractivity contribution is 0.109. The average molecular weight is 207 g/mol. The molecule has 0 atom stereocenters. The topological polar surface area (TPSA) is 47.0 Å². The van der Waals surface area contributed by atoms with E-state index >= 15 is 0 Å². The summed E-state index contributed by atoms with van der Waals surface area (Å²) in [5.74, 6) is 1.88. The fourth-order valence-electron chi connectivity index (χ4n) is 1.83. The summed E-state index contributed by atoms with van der Waals surface area (Å²) in [5.41, 5.74) is 2.28. The van der Waals surface area contributed by atoms with Crippen molar-refractivity contribution >= 4 is 5.82 Å². The minimum absolute atomic E-state index is 0.637. The van der Waals surface area contributed by atoms with Gasteiger partial charge in [0, 0.05) is 25.5 Å². The third-order valence-corrected chi connectivity index (χ3v) is 2.58. The van der Waals surface area contributed by atoms with Crippen LogP contribution in [0, 0.1) is 0 Å². The molecule has 1 aromatic rings. The first-order valence-electron chi connectivity index (χ1n) is 5.49. The van der Waals surface area contributed by atoms with Gasteiger partial charge in [0.1, 0.15) is 11.6 Å². The molecule has 0 saturated heterocycles. The molecule has 0 aliphatic carbocycles. The SMILES string of the molecule is CCCc1nc2c(c(NC)n1)COCC2. The molecule has 4 nitrogen and oxygen atoms in total. The highest BCUT2D eigenvalue weighted by atomic mass is 16.5. The molecule has 0 spiro atoms. The zero-order valence-electron chi connectivity index (χ0n) is 9.34. The summed E-state index contributed by atoms with van der Waals surface area (Å²) >= 11 is 0. The summed E-state index contributed by atoms with van der Waals surface area (Å²) in [4.78, 5) is 9.07. The molecule has 0 amide bonds. The molecule has 15 heavy (non-hydrogen) atoms. The monoisotopic (exact) mass is 207 g/mol. The van der Waals surface area contributed by atoms with Crippen molar-refractivity contribution in [3.63, 3.8) is 0 Å². The number of aryl methyl sites for hydroxylation is 1. The van der Waals surface area contributed by atoms with E-state index in [-0.39, 0.29) is 0 Å². The number of hydrogen-bond donors (Lipinski definition) is 1. The fourth-order valence-corrected chi connectivity index (χ4v) is 1.83. The summed E-state index contributed by atoms with van der Waals surface area (Å²) in [7, 11) is 1.90. The van der Waals surface area contributed by atoms with Crippen LogP contribution in [0.4, 0.5) is 5.82 Å². The van der Waals surface area contributed by atoms with Crippen molar-refractivity contribution in [1.29, 1.82) is 0 Å². The van der Waals surface area contributed by atoms with E-state index in [2.05, 4.69) is 22.2 Å². The molecular weight excluding hydrogens is 190 g/mol. The summed E-state index contributed by atoms with van der Waals surface area (Å²) in [6, 6.07) is 0. The molecule has 0 aromatic carbocycles. The van der Waals surface area contributed by atoms with Gasteiger partial charge in [0.2, 0.25) is 0 Å². The smallest absolute Gasteiger partial charge is 0.135 e. The van der Waals surface area contributed by atoms with Gasteiger partial charge in [0.15, 0.2) is 0 Å². The van der Waals surface area contributed by atoms with Gasteiger partial charge in [-0.2, -0.15) is 0 Å². The third kappa shape index (κ3) is 2.09. The molecule has 1 aromatic heterocycles. The molecule has 1 aliphatic rings. The zero-order valence-corrected chi connectivity index (χ0v) is 9.34. The lowest BCUT2D eigenvalue weighted by Crippen LogP contribution is -2.17. The lowest BCUT2D eigenvalue weighted by atomic mass is 10.1. The van der Waals surface area contributed by atoms with Crippen LogP contribution in [0.1, 0.15) is 30.4 Å². The Bertz CT molecular complexity index is 335. The van der Waals surface area contributed by atoms with E-state index in [1.807, 2.05) is 7.05 Å². The number of rotatable bonds is 3. The number of anilines is 1. The van der Waals surface area contributed by atoms with Crippen LogP contribution in [0.2, 0.25) is 0 Å². The van der Waals surface area contributed by atoms with Crippen LogP contribution in [0.3, 0.4) is 0 Å². The summed E-state index contributed by atoms with van der Waals surface area (Å²) < 4.78 is 5.42. The van der Waals surface area contributed by atoms with Crippen LogP contribution in [0.25, 0.3) is 0 Å². The first-order chi connectivity index (χ1) is 7.35. The Morgan fingerprint density at radius 3 is 3.00 bits per heavy atom. The van der Waals surface area contributed by atoms with Crippen molar-refractivity contribution in [3.8, 4) is 0 Å². The van der Waals surface area contributed by atoms with E-state index < -0.39 is 0 Å². The zero-order chi connectivity index (χ0) is 10.7. The molecule has 2 rings (SSSR count). The van der Waals surface area contributed by atoms with Crippen LogP contribution >= 0.6 is 0 Å². The summed E-state index contributed by atoms with van der Waals surface area (Å²) in [5, 5.41) is 3.12.